The number of hydrogen-bond donors (Lipinski definition) is 0. The van der Waals surface area contributed by atoms with Crippen molar-refractivity contribution in [2.24, 2.45) is 0 Å². The average molecular weight is 534 g/mol. The number of rotatable bonds is 5. The zero-order valence-electron chi connectivity index (χ0n) is 20.0. The molecular formula is C32H24BrNO2. The van der Waals surface area contributed by atoms with Gasteiger partial charge in [-0.1, -0.05) is 52.3 Å². The van der Waals surface area contributed by atoms with Crippen LogP contribution in [0.3, 0.4) is 0 Å². The molecule has 0 saturated carbocycles. The Morgan fingerprint density at radius 1 is 0.500 bits per heavy atom. The standard InChI is InChI=1S/C32H24BrNO2/c1-35-27-13-3-21(4-14-27)23-7-17-31-29(19-23)30-20-24(22-5-15-28(36-2)16-6-22)8-18-32(30)34(31)26-11-9-25(33)10-12-26/h3-20H,1-2H3. The number of methoxy groups -OCH3 is 2. The second-order valence-corrected chi connectivity index (χ2v) is 9.65. The highest BCUT2D eigenvalue weighted by Gasteiger charge is 2.15. The van der Waals surface area contributed by atoms with Crippen molar-refractivity contribution in [1.29, 1.82) is 0 Å². The van der Waals surface area contributed by atoms with Crippen molar-refractivity contribution in [2.45, 2.75) is 0 Å². The van der Waals surface area contributed by atoms with E-state index in [9.17, 15) is 0 Å². The van der Waals surface area contributed by atoms with Crippen molar-refractivity contribution in [3.05, 3.63) is 114 Å². The third kappa shape index (κ3) is 3.94. The lowest BCUT2D eigenvalue weighted by atomic mass is 10.00. The summed E-state index contributed by atoms with van der Waals surface area (Å²) in [4.78, 5) is 0. The van der Waals surface area contributed by atoms with Gasteiger partial charge in [-0.25, -0.2) is 0 Å². The fourth-order valence-corrected chi connectivity index (χ4v) is 5.08. The largest absolute Gasteiger partial charge is 0.497 e. The number of hydrogen-bond acceptors (Lipinski definition) is 2. The van der Waals surface area contributed by atoms with Gasteiger partial charge < -0.3 is 14.0 Å². The van der Waals surface area contributed by atoms with E-state index in [-0.39, 0.29) is 0 Å². The molecule has 6 aromatic rings. The Hall–Kier alpha value is -4.02. The lowest BCUT2D eigenvalue weighted by molar-refractivity contribution is 0.415. The summed E-state index contributed by atoms with van der Waals surface area (Å²) in [6, 6.07) is 38.4. The van der Waals surface area contributed by atoms with Crippen LogP contribution in [0, 0.1) is 0 Å². The molecule has 0 aliphatic carbocycles. The number of ether oxygens (including phenoxy) is 2. The minimum Gasteiger partial charge on any atom is -0.497 e. The molecule has 0 amide bonds. The Morgan fingerprint density at radius 2 is 0.917 bits per heavy atom. The molecule has 3 nitrogen and oxygen atoms in total. The van der Waals surface area contributed by atoms with Crippen LogP contribution < -0.4 is 9.47 Å². The maximum Gasteiger partial charge on any atom is 0.118 e. The van der Waals surface area contributed by atoms with E-state index in [4.69, 9.17) is 9.47 Å². The molecule has 0 saturated heterocycles. The van der Waals surface area contributed by atoms with Gasteiger partial charge in [0.15, 0.2) is 0 Å². The lowest BCUT2D eigenvalue weighted by Gasteiger charge is -2.09. The molecular weight excluding hydrogens is 510 g/mol. The molecule has 0 bridgehead atoms. The molecule has 0 N–H and O–H groups in total. The predicted molar refractivity (Wildman–Crippen MR) is 152 cm³/mol. The summed E-state index contributed by atoms with van der Waals surface area (Å²) in [5, 5.41) is 2.44. The molecule has 0 aliphatic heterocycles. The fourth-order valence-electron chi connectivity index (χ4n) is 4.82. The zero-order valence-corrected chi connectivity index (χ0v) is 21.6. The van der Waals surface area contributed by atoms with Gasteiger partial charge in [-0.15, -0.1) is 0 Å². The first kappa shape index (κ1) is 22.4. The van der Waals surface area contributed by atoms with Crippen LogP contribution in [0.4, 0.5) is 0 Å². The Balaban J connectivity index is 1.58. The van der Waals surface area contributed by atoms with Crippen molar-refractivity contribution in [2.75, 3.05) is 14.2 Å². The van der Waals surface area contributed by atoms with E-state index in [0.29, 0.717) is 0 Å². The molecule has 0 unspecified atom stereocenters. The molecule has 1 aromatic heterocycles. The highest BCUT2D eigenvalue weighted by atomic mass is 79.9. The summed E-state index contributed by atoms with van der Waals surface area (Å²) in [5.74, 6) is 1.71. The van der Waals surface area contributed by atoms with Crippen LogP contribution in [0.2, 0.25) is 0 Å². The molecule has 0 fully saturated rings. The predicted octanol–water partition coefficient (Wildman–Crippen LogP) is 8.90. The third-order valence-electron chi connectivity index (χ3n) is 6.70. The minimum absolute atomic E-state index is 0.857. The van der Waals surface area contributed by atoms with E-state index in [1.165, 1.54) is 32.9 Å². The summed E-state index contributed by atoms with van der Waals surface area (Å²) in [6.07, 6.45) is 0. The quantitative estimate of drug-likeness (QED) is 0.221. The summed E-state index contributed by atoms with van der Waals surface area (Å²) in [6.45, 7) is 0. The van der Waals surface area contributed by atoms with Gasteiger partial charge in [0.1, 0.15) is 11.5 Å². The minimum atomic E-state index is 0.857. The molecule has 36 heavy (non-hydrogen) atoms. The first-order chi connectivity index (χ1) is 17.6. The van der Waals surface area contributed by atoms with Gasteiger partial charge in [-0.3, -0.25) is 0 Å². The van der Waals surface area contributed by atoms with E-state index in [2.05, 4.69) is 105 Å². The van der Waals surface area contributed by atoms with Crippen molar-refractivity contribution >= 4 is 37.7 Å². The smallest absolute Gasteiger partial charge is 0.118 e. The molecule has 0 spiro atoms. The number of nitrogens with zero attached hydrogens (tertiary/aromatic N) is 1. The van der Waals surface area contributed by atoms with Gasteiger partial charge in [0.25, 0.3) is 0 Å². The third-order valence-corrected chi connectivity index (χ3v) is 7.23. The number of fused-ring (bicyclic) bond motifs is 3. The Kier molecular flexibility index (Phi) is 5.74. The second kappa shape index (κ2) is 9.21. The highest BCUT2D eigenvalue weighted by Crippen LogP contribution is 2.37. The van der Waals surface area contributed by atoms with Crippen molar-refractivity contribution in [3.63, 3.8) is 0 Å². The van der Waals surface area contributed by atoms with E-state index in [0.717, 1.165) is 32.8 Å². The van der Waals surface area contributed by atoms with Crippen LogP contribution in [0.5, 0.6) is 11.5 Å². The molecule has 0 aliphatic rings. The van der Waals surface area contributed by atoms with Crippen molar-refractivity contribution < 1.29 is 9.47 Å². The molecule has 5 aromatic carbocycles. The molecule has 176 valence electrons. The van der Waals surface area contributed by atoms with Crippen LogP contribution >= 0.6 is 15.9 Å². The molecule has 4 heteroatoms. The van der Waals surface area contributed by atoms with Gasteiger partial charge in [0, 0.05) is 20.9 Å². The van der Waals surface area contributed by atoms with Crippen molar-refractivity contribution in [1.82, 2.24) is 4.57 Å². The first-order valence-electron chi connectivity index (χ1n) is 11.8. The zero-order chi connectivity index (χ0) is 24.6. The van der Waals surface area contributed by atoms with E-state index < -0.39 is 0 Å². The number of halogens is 1. The number of aromatic nitrogens is 1. The maximum atomic E-state index is 5.35. The lowest BCUT2D eigenvalue weighted by Crippen LogP contribution is -1.93. The van der Waals surface area contributed by atoms with Crippen LogP contribution in [0.1, 0.15) is 0 Å². The Bertz CT molecular complexity index is 1580. The normalized spacial score (nSPS) is 11.2. The summed E-state index contributed by atoms with van der Waals surface area (Å²) in [7, 11) is 3.39. The van der Waals surface area contributed by atoms with Gasteiger partial charge in [-0.05, 0) is 95.1 Å². The SMILES string of the molecule is COc1ccc(-c2ccc3c(c2)c2cc(-c4ccc(OC)cc4)ccc2n3-c2ccc(Br)cc2)cc1. The Morgan fingerprint density at radius 3 is 1.33 bits per heavy atom. The second-order valence-electron chi connectivity index (χ2n) is 8.73. The monoisotopic (exact) mass is 533 g/mol. The number of benzene rings is 5. The van der Waals surface area contributed by atoms with Crippen LogP contribution in [0.15, 0.2) is 114 Å². The van der Waals surface area contributed by atoms with Crippen LogP contribution in [-0.4, -0.2) is 18.8 Å². The summed E-state index contributed by atoms with van der Waals surface area (Å²) < 4.78 is 14.1. The van der Waals surface area contributed by atoms with Crippen LogP contribution in [-0.2, 0) is 0 Å². The van der Waals surface area contributed by atoms with Gasteiger partial charge >= 0.3 is 0 Å². The average Bonchev–Trinajstić information content (AvgIpc) is 3.26. The van der Waals surface area contributed by atoms with Crippen LogP contribution in [0.25, 0.3) is 49.7 Å². The Labute approximate surface area is 218 Å². The summed E-state index contributed by atoms with van der Waals surface area (Å²) >= 11 is 3.57. The van der Waals surface area contributed by atoms with Crippen molar-refractivity contribution in [3.8, 4) is 39.4 Å². The molecule has 0 atom stereocenters. The van der Waals surface area contributed by atoms with Gasteiger partial charge in [-0.2, -0.15) is 0 Å². The first-order valence-corrected chi connectivity index (χ1v) is 12.6. The van der Waals surface area contributed by atoms with E-state index >= 15 is 0 Å². The molecule has 1 heterocycles. The topological polar surface area (TPSA) is 23.4 Å². The molecule has 0 radical (unpaired) electrons. The fraction of sp³-hybridized carbons (Fsp3) is 0.0625. The van der Waals surface area contributed by atoms with E-state index in [1.807, 2.05) is 24.3 Å². The van der Waals surface area contributed by atoms with Gasteiger partial charge in [0.2, 0.25) is 0 Å². The maximum absolute atomic E-state index is 5.35. The highest BCUT2D eigenvalue weighted by molar-refractivity contribution is 9.10. The summed E-state index contributed by atoms with van der Waals surface area (Å²) in [5.41, 5.74) is 8.16. The van der Waals surface area contributed by atoms with Gasteiger partial charge in [0.05, 0.1) is 25.3 Å². The molecule has 6 rings (SSSR count). The van der Waals surface area contributed by atoms with E-state index in [1.54, 1.807) is 14.2 Å².